The average molecular weight is 270 g/mol. The van der Waals surface area contributed by atoms with E-state index in [2.05, 4.69) is 47.5 Å². The van der Waals surface area contributed by atoms with Crippen molar-refractivity contribution < 1.29 is 4.42 Å². The van der Waals surface area contributed by atoms with Gasteiger partial charge in [-0.1, -0.05) is 37.3 Å². The lowest BCUT2D eigenvalue weighted by molar-refractivity contribution is 0.288. The molecule has 1 aromatic heterocycles. The molecule has 3 rings (SSSR count). The smallest absolute Gasteiger partial charge is 0.134 e. The molecular formula is C17H22N2O. The van der Waals surface area contributed by atoms with Gasteiger partial charge >= 0.3 is 0 Å². The first-order valence-electron chi connectivity index (χ1n) is 7.46. The van der Waals surface area contributed by atoms with Crippen LogP contribution in [0.15, 0.2) is 40.8 Å². The molecule has 2 aromatic rings. The summed E-state index contributed by atoms with van der Waals surface area (Å²) in [4.78, 5) is 2.48. The van der Waals surface area contributed by atoms with Crippen molar-refractivity contribution in [3.8, 4) is 0 Å². The summed E-state index contributed by atoms with van der Waals surface area (Å²) in [5.74, 6) is 1.09. The van der Waals surface area contributed by atoms with E-state index in [1.807, 2.05) is 6.07 Å². The van der Waals surface area contributed by atoms with Gasteiger partial charge in [-0.05, 0) is 19.0 Å². The first kappa shape index (κ1) is 13.4. The molecular weight excluding hydrogens is 248 g/mol. The quantitative estimate of drug-likeness (QED) is 0.845. The molecule has 0 fully saturated rings. The van der Waals surface area contributed by atoms with Gasteiger partial charge in [-0.3, -0.25) is 4.90 Å². The minimum Gasteiger partial charge on any atom is -0.459 e. The van der Waals surface area contributed by atoms with Crippen molar-refractivity contribution in [2.45, 2.75) is 26.4 Å². The van der Waals surface area contributed by atoms with Gasteiger partial charge in [-0.2, -0.15) is 0 Å². The van der Waals surface area contributed by atoms with Crippen LogP contribution in [0.4, 0.5) is 0 Å². The lowest BCUT2D eigenvalue weighted by Crippen LogP contribution is -2.27. The van der Waals surface area contributed by atoms with E-state index >= 15 is 0 Å². The van der Waals surface area contributed by atoms with Crippen LogP contribution < -0.4 is 5.32 Å². The number of rotatable bonds is 5. The molecule has 3 nitrogen and oxygen atoms in total. The number of hydrogen-bond acceptors (Lipinski definition) is 3. The van der Waals surface area contributed by atoms with E-state index in [9.17, 15) is 0 Å². The van der Waals surface area contributed by atoms with Crippen LogP contribution in [0.25, 0.3) is 11.0 Å². The molecule has 0 spiro atoms. The Morgan fingerprint density at radius 2 is 2.15 bits per heavy atom. The molecule has 0 bridgehead atoms. The molecule has 3 heteroatoms. The average Bonchev–Trinajstić information content (AvgIpc) is 2.84. The van der Waals surface area contributed by atoms with Gasteiger partial charge in [-0.15, -0.1) is 0 Å². The third-order valence-corrected chi connectivity index (χ3v) is 3.84. The van der Waals surface area contributed by atoms with Crippen molar-refractivity contribution in [1.29, 1.82) is 0 Å². The van der Waals surface area contributed by atoms with Gasteiger partial charge in [0.1, 0.15) is 11.3 Å². The van der Waals surface area contributed by atoms with Crippen LogP contribution >= 0.6 is 0 Å². The highest BCUT2D eigenvalue weighted by atomic mass is 16.3. The second kappa shape index (κ2) is 6.25. The van der Waals surface area contributed by atoms with Crippen molar-refractivity contribution in [2.24, 2.45) is 0 Å². The number of benzene rings is 1. The Hall–Kier alpha value is -1.58. The van der Waals surface area contributed by atoms with Crippen LogP contribution in [0.2, 0.25) is 0 Å². The number of nitrogens with one attached hydrogen (secondary N) is 1. The fourth-order valence-electron chi connectivity index (χ4n) is 2.76. The molecule has 0 unspecified atom stereocenters. The Morgan fingerprint density at radius 3 is 2.95 bits per heavy atom. The largest absolute Gasteiger partial charge is 0.459 e. The second-order valence-corrected chi connectivity index (χ2v) is 5.28. The lowest BCUT2D eigenvalue weighted by atomic mass is 10.1. The predicted molar refractivity (Wildman–Crippen MR) is 82.6 cm³/mol. The second-order valence-electron chi connectivity index (χ2n) is 5.28. The van der Waals surface area contributed by atoms with Gasteiger partial charge in [0.05, 0.1) is 6.54 Å². The van der Waals surface area contributed by atoms with Crippen LogP contribution in [0.3, 0.4) is 0 Å². The van der Waals surface area contributed by atoms with E-state index in [0.717, 1.165) is 50.5 Å². The molecule has 0 atom stereocenters. The molecule has 0 radical (unpaired) electrons. The summed E-state index contributed by atoms with van der Waals surface area (Å²) in [6.07, 6.45) is 5.68. The van der Waals surface area contributed by atoms with Crippen molar-refractivity contribution in [2.75, 3.05) is 19.6 Å². The summed E-state index contributed by atoms with van der Waals surface area (Å²) in [6.45, 7) is 7.05. The Bertz CT molecular complexity index is 600. The summed E-state index contributed by atoms with van der Waals surface area (Å²) in [5, 5.41) is 4.64. The standard InChI is InChI=1S/C17H22N2O/c1-2-18-12-17-15(13-19-10-6-3-7-11-19)14-8-4-5-9-16(14)20-17/h3-6,8-9,18H,2,7,10-13H2,1H3. The zero-order chi connectivity index (χ0) is 13.8. The fraction of sp³-hybridized carbons (Fsp3) is 0.412. The molecule has 0 aliphatic carbocycles. The molecule has 0 saturated carbocycles. The molecule has 106 valence electrons. The van der Waals surface area contributed by atoms with Gasteiger partial charge in [0.15, 0.2) is 0 Å². The van der Waals surface area contributed by atoms with Gasteiger partial charge in [0.2, 0.25) is 0 Å². The Kier molecular flexibility index (Phi) is 4.19. The minimum atomic E-state index is 0.810. The van der Waals surface area contributed by atoms with Crippen LogP contribution in [-0.2, 0) is 13.1 Å². The summed E-state index contributed by atoms with van der Waals surface area (Å²) in [6, 6.07) is 8.36. The third kappa shape index (κ3) is 2.79. The highest BCUT2D eigenvalue weighted by Gasteiger charge is 2.16. The van der Waals surface area contributed by atoms with Crippen molar-refractivity contribution in [1.82, 2.24) is 10.2 Å². The first-order valence-corrected chi connectivity index (χ1v) is 7.46. The normalized spacial score (nSPS) is 16.1. The highest BCUT2D eigenvalue weighted by Crippen LogP contribution is 2.27. The SMILES string of the molecule is CCNCc1oc2ccccc2c1CN1CC=CCC1. The van der Waals surface area contributed by atoms with Gasteiger partial charge in [-0.25, -0.2) is 0 Å². The van der Waals surface area contributed by atoms with Crippen molar-refractivity contribution in [3.05, 3.63) is 47.7 Å². The number of para-hydroxylation sites is 1. The highest BCUT2D eigenvalue weighted by molar-refractivity contribution is 5.82. The molecule has 1 N–H and O–H groups in total. The van der Waals surface area contributed by atoms with Crippen LogP contribution in [0.5, 0.6) is 0 Å². The van der Waals surface area contributed by atoms with E-state index in [1.54, 1.807) is 0 Å². The fourth-order valence-corrected chi connectivity index (χ4v) is 2.76. The van der Waals surface area contributed by atoms with Crippen molar-refractivity contribution in [3.63, 3.8) is 0 Å². The van der Waals surface area contributed by atoms with E-state index in [0.29, 0.717) is 0 Å². The number of furan rings is 1. The Morgan fingerprint density at radius 1 is 1.25 bits per heavy atom. The molecule has 1 aliphatic heterocycles. The van der Waals surface area contributed by atoms with Gasteiger partial charge in [0, 0.05) is 30.6 Å². The van der Waals surface area contributed by atoms with Crippen LogP contribution in [-0.4, -0.2) is 24.5 Å². The zero-order valence-corrected chi connectivity index (χ0v) is 12.1. The summed E-state index contributed by atoms with van der Waals surface area (Å²) in [5.41, 5.74) is 2.35. The van der Waals surface area contributed by atoms with Crippen LogP contribution in [0, 0.1) is 0 Å². The number of fused-ring (bicyclic) bond motifs is 1. The third-order valence-electron chi connectivity index (χ3n) is 3.84. The monoisotopic (exact) mass is 270 g/mol. The molecule has 2 heterocycles. The summed E-state index contributed by atoms with van der Waals surface area (Å²) < 4.78 is 6.04. The van der Waals surface area contributed by atoms with Crippen molar-refractivity contribution >= 4 is 11.0 Å². The first-order chi connectivity index (χ1) is 9.88. The molecule has 1 aliphatic rings. The van der Waals surface area contributed by atoms with E-state index < -0.39 is 0 Å². The van der Waals surface area contributed by atoms with Gasteiger partial charge < -0.3 is 9.73 Å². The maximum absolute atomic E-state index is 6.04. The van der Waals surface area contributed by atoms with E-state index in [4.69, 9.17) is 4.42 Å². The molecule has 1 aromatic carbocycles. The number of hydrogen-bond donors (Lipinski definition) is 1. The summed E-state index contributed by atoms with van der Waals surface area (Å²) >= 11 is 0. The maximum atomic E-state index is 6.04. The predicted octanol–water partition coefficient (Wildman–Crippen LogP) is 3.30. The van der Waals surface area contributed by atoms with E-state index in [-0.39, 0.29) is 0 Å². The number of nitrogens with zero attached hydrogens (tertiary/aromatic N) is 1. The Balaban J connectivity index is 1.90. The molecule has 0 saturated heterocycles. The topological polar surface area (TPSA) is 28.4 Å². The molecule has 20 heavy (non-hydrogen) atoms. The molecule has 0 amide bonds. The summed E-state index contributed by atoms with van der Waals surface area (Å²) in [7, 11) is 0. The minimum absolute atomic E-state index is 0.810. The Labute approximate surface area is 120 Å². The zero-order valence-electron chi connectivity index (χ0n) is 12.1. The maximum Gasteiger partial charge on any atom is 0.134 e. The van der Waals surface area contributed by atoms with Gasteiger partial charge in [0.25, 0.3) is 0 Å². The van der Waals surface area contributed by atoms with E-state index in [1.165, 1.54) is 10.9 Å². The lowest BCUT2D eigenvalue weighted by Gasteiger charge is -2.23. The van der Waals surface area contributed by atoms with Crippen LogP contribution in [0.1, 0.15) is 24.7 Å².